The van der Waals surface area contributed by atoms with Gasteiger partial charge in [-0.15, -0.1) is 0 Å². The number of hydrogen-bond acceptors (Lipinski definition) is 6. The lowest BCUT2D eigenvalue weighted by Crippen LogP contribution is -2.47. The van der Waals surface area contributed by atoms with Gasteiger partial charge >= 0.3 is 5.97 Å². The molecule has 144 valence electrons. The second-order valence-corrected chi connectivity index (χ2v) is 8.01. The molecule has 0 atom stereocenters. The van der Waals surface area contributed by atoms with Crippen LogP contribution < -0.4 is 0 Å². The van der Waals surface area contributed by atoms with Crippen molar-refractivity contribution in [2.24, 2.45) is 0 Å². The fourth-order valence-corrected chi connectivity index (χ4v) is 4.02. The molecule has 3 rings (SSSR count). The number of furan rings is 1. The van der Waals surface area contributed by atoms with Crippen molar-refractivity contribution in [1.29, 1.82) is 0 Å². The fraction of sp³-hybridized carbons (Fsp3) is 0.316. The second kappa shape index (κ2) is 8.51. The molecule has 0 spiro atoms. The van der Waals surface area contributed by atoms with Crippen LogP contribution in [0.1, 0.15) is 21.9 Å². The molecule has 1 aromatic heterocycles. The van der Waals surface area contributed by atoms with Crippen LogP contribution in [0, 0.1) is 0 Å². The minimum atomic E-state index is -3.45. The molecule has 0 N–H and O–H groups in total. The summed E-state index contributed by atoms with van der Waals surface area (Å²) in [7, 11) is -2.14. The van der Waals surface area contributed by atoms with Gasteiger partial charge in [-0.05, 0) is 23.8 Å². The zero-order valence-electron chi connectivity index (χ0n) is 15.1. The third-order valence-electron chi connectivity index (χ3n) is 4.35. The molecular formula is C19H22N2O5S. The van der Waals surface area contributed by atoms with E-state index in [-0.39, 0.29) is 5.76 Å². The molecule has 27 heavy (non-hydrogen) atoms. The van der Waals surface area contributed by atoms with Crippen LogP contribution in [0.25, 0.3) is 6.08 Å². The predicted octanol–water partition coefficient (Wildman–Crippen LogP) is 2.18. The Morgan fingerprint density at radius 3 is 2.48 bits per heavy atom. The number of nitrogens with zero attached hydrogens (tertiary/aromatic N) is 2. The van der Waals surface area contributed by atoms with Crippen molar-refractivity contribution in [2.45, 2.75) is 6.54 Å². The number of sulfonamides is 1. The van der Waals surface area contributed by atoms with Crippen LogP contribution in [0.4, 0.5) is 0 Å². The minimum Gasteiger partial charge on any atom is -0.463 e. The van der Waals surface area contributed by atoms with Gasteiger partial charge in [-0.3, -0.25) is 4.90 Å². The Balaban J connectivity index is 1.54. The number of esters is 1. The Morgan fingerprint density at radius 2 is 1.81 bits per heavy atom. The first-order chi connectivity index (χ1) is 13.0. The van der Waals surface area contributed by atoms with Crippen LogP contribution in [0.5, 0.6) is 0 Å². The molecule has 8 heteroatoms. The average Bonchev–Trinajstić information content (AvgIpc) is 3.15. The van der Waals surface area contributed by atoms with E-state index in [1.54, 1.807) is 18.2 Å². The van der Waals surface area contributed by atoms with E-state index in [1.165, 1.54) is 16.8 Å². The molecule has 1 aliphatic rings. The van der Waals surface area contributed by atoms with Crippen LogP contribution in [0.3, 0.4) is 0 Å². The van der Waals surface area contributed by atoms with Crippen molar-refractivity contribution in [2.75, 3.05) is 33.3 Å². The Hall–Kier alpha value is -2.42. The summed E-state index contributed by atoms with van der Waals surface area (Å²) in [5.41, 5.74) is 0.846. The van der Waals surface area contributed by atoms with Gasteiger partial charge in [0, 0.05) is 31.6 Å². The summed E-state index contributed by atoms with van der Waals surface area (Å²) in [6, 6.07) is 12.6. The number of rotatable bonds is 6. The van der Waals surface area contributed by atoms with E-state index in [0.29, 0.717) is 38.5 Å². The highest BCUT2D eigenvalue weighted by molar-refractivity contribution is 7.92. The molecule has 7 nitrogen and oxygen atoms in total. The monoisotopic (exact) mass is 390 g/mol. The molecule has 2 aromatic rings. The van der Waals surface area contributed by atoms with Gasteiger partial charge in [0.05, 0.1) is 13.7 Å². The van der Waals surface area contributed by atoms with Gasteiger partial charge in [-0.25, -0.2) is 13.2 Å². The molecule has 0 unspecified atom stereocenters. The van der Waals surface area contributed by atoms with E-state index in [0.717, 1.165) is 5.56 Å². The van der Waals surface area contributed by atoms with Gasteiger partial charge in [0.15, 0.2) is 0 Å². The predicted molar refractivity (Wildman–Crippen MR) is 101 cm³/mol. The summed E-state index contributed by atoms with van der Waals surface area (Å²) in [6.45, 7) is 2.52. The standard InChI is InChI=1S/C19H22N2O5S/c1-25-19(22)18-8-7-17(26-18)15-20-10-12-21(13-11-20)27(23,24)14-9-16-5-3-2-4-6-16/h2-9,14H,10-13,15H2,1H3/b14-9+. The Labute approximate surface area is 158 Å². The fourth-order valence-electron chi connectivity index (χ4n) is 2.85. The molecule has 0 bridgehead atoms. The maximum absolute atomic E-state index is 12.5. The molecule has 0 radical (unpaired) electrons. The quantitative estimate of drug-likeness (QED) is 0.704. The number of methoxy groups -OCH3 is 1. The lowest BCUT2D eigenvalue weighted by Gasteiger charge is -2.32. The summed E-state index contributed by atoms with van der Waals surface area (Å²) >= 11 is 0. The lowest BCUT2D eigenvalue weighted by atomic mass is 10.2. The van der Waals surface area contributed by atoms with E-state index in [2.05, 4.69) is 9.64 Å². The van der Waals surface area contributed by atoms with Crippen molar-refractivity contribution in [3.05, 3.63) is 65.0 Å². The van der Waals surface area contributed by atoms with E-state index < -0.39 is 16.0 Å². The molecule has 2 heterocycles. The third-order valence-corrected chi connectivity index (χ3v) is 5.92. The first-order valence-electron chi connectivity index (χ1n) is 8.60. The van der Waals surface area contributed by atoms with Crippen LogP contribution in [-0.4, -0.2) is 56.9 Å². The molecule has 0 aliphatic carbocycles. The zero-order chi connectivity index (χ0) is 19.3. The first kappa shape index (κ1) is 19.3. The molecule has 1 aliphatic heterocycles. The molecule has 0 amide bonds. The van der Waals surface area contributed by atoms with Gasteiger partial charge in [0.25, 0.3) is 0 Å². The van der Waals surface area contributed by atoms with Gasteiger partial charge in [0.1, 0.15) is 5.76 Å². The molecular weight excluding hydrogens is 368 g/mol. The number of hydrogen-bond donors (Lipinski definition) is 0. The molecule has 1 saturated heterocycles. The number of benzene rings is 1. The number of carbonyl (C=O) groups excluding carboxylic acids is 1. The second-order valence-electron chi connectivity index (χ2n) is 6.19. The highest BCUT2D eigenvalue weighted by Gasteiger charge is 2.25. The van der Waals surface area contributed by atoms with Crippen molar-refractivity contribution >= 4 is 22.1 Å². The summed E-state index contributed by atoms with van der Waals surface area (Å²) in [6.07, 6.45) is 1.61. The minimum absolute atomic E-state index is 0.166. The Kier molecular flexibility index (Phi) is 6.10. The largest absolute Gasteiger partial charge is 0.463 e. The Bertz CT molecular complexity index is 897. The first-order valence-corrected chi connectivity index (χ1v) is 10.1. The maximum atomic E-state index is 12.5. The Morgan fingerprint density at radius 1 is 1.11 bits per heavy atom. The van der Waals surface area contributed by atoms with E-state index in [1.807, 2.05) is 30.3 Å². The topological polar surface area (TPSA) is 80.1 Å². The molecule has 0 saturated carbocycles. The highest BCUT2D eigenvalue weighted by atomic mass is 32.2. The highest BCUT2D eigenvalue weighted by Crippen LogP contribution is 2.15. The van der Waals surface area contributed by atoms with Crippen molar-refractivity contribution in [3.8, 4) is 0 Å². The molecule has 1 aromatic carbocycles. The normalized spacial score (nSPS) is 16.6. The lowest BCUT2D eigenvalue weighted by molar-refractivity contribution is 0.0560. The number of carbonyl (C=O) groups is 1. The maximum Gasteiger partial charge on any atom is 0.373 e. The van der Waals surface area contributed by atoms with Crippen LogP contribution >= 0.6 is 0 Å². The van der Waals surface area contributed by atoms with E-state index >= 15 is 0 Å². The van der Waals surface area contributed by atoms with Crippen LogP contribution in [0.2, 0.25) is 0 Å². The molecule has 1 fully saturated rings. The van der Waals surface area contributed by atoms with Crippen molar-refractivity contribution in [3.63, 3.8) is 0 Å². The smallest absolute Gasteiger partial charge is 0.373 e. The number of piperazine rings is 1. The summed E-state index contributed by atoms with van der Waals surface area (Å²) in [5, 5.41) is 1.26. The van der Waals surface area contributed by atoms with Crippen molar-refractivity contribution in [1.82, 2.24) is 9.21 Å². The van der Waals surface area contributed by atoms with Gasteiger partial charge < -0.3 is 9.15 Å². The van der Waals surface area contributed by atoms with Gasteiger partial charge in [-0.2, -0.15) is 4.31 Å². The summed E-state index contributed by atoms with van der Waals surface area (Å²) in [5.74, 6) is 0.304. The summed E-state index contributed by atoms with van der Waals surface area (Å²) in [4.78, 5) is 13.5. The van der Waals surface area contributed by atoms with Crippen LogP contribution in [-0.2, 0) is 21.3 Å². The van der Waals surface area contributed by atoms with E-state index in [4.69, 9.17) is 4.42 Å². The third kappa shape index (κ3) is 5.06. The van der Waals surface area contributed by atoms with E-state index in [9.17, 15) is 13.2 Å². The zero-order valence-corrected chi connectivity index (χ0v) is 15.9. The summed E-state index contributed by atoms with van der Waals surface area (Å²) < 4.78 is 36.5. The average molecular weight is 390 g/mol. The van der Waals surface area contributed by atoms with Gasteiger partial charge in [0.2, 0.25) is 15.8 Å². The van der Waals surface area contributed by atoms with Crippen molar-refractivity contribution < 1.29 is 22.4 Å². The SMILES string of the molecule is COC(=O)c1ccc(CN2CCN(S(=O)(=O)/C=C/c3ccccc3)CC2)o1. The van der Waals surface area contributed by atoms with Gasteiger partial charge in [-0.1, -0.05) is 30.3 Å². The number of ether oxygens (including phenoxy) is 1. The van der Waals surface area contributed by atoms with Crippen LogP contribution in [0.15, 0.2) is 52.3 Å².